The Balaban J connectivity index is 1.44. The highest BCUT2D eigenvalue weighted by molar-refractivity contribution is 7.52. The van der Waals surface area contributed by atoms with Crippen molar-refractivity contribution in [2.45, 2.75) is 25.4 Å². The lowest BCUT2D eigenvalue weighted by Gasteiger charge is -2.23. The van der Waals surface area contributed by atoms with E-state index in [2.05, 4.69) is 20.0 Å². The van der Waals surface area contributed by atoms with Gasteiger partial charge in [0.05, 0.1) is 25.2 Å². The highest BCUT2D eigenvalue weighted by atomic mass is 31.2. The van der Waals surface area contributed by atoms with Crippen LogP contribution in [0.5, 0.6) is 5.75 Å². The number of nitrogens with zero attached hydrogens (tertiary/aromatic N) is 4. The van der Waals surface area contributed by atoms with Crippen molar-refractivity contribution >= 4 is 30.8 Å². The first kappa shape index (κ1) is 21.9. The second kappa shape index (κ2) is 9.07. The molecule has 0 aliphatic heterocycles. The smallest absolute Gasteiger partial charge is 0.459 e. The molecule has 12 heteroatoms. The van der Waals surface area contributed by atoms with E-state index in [4.69, 9.17) is 14.8 Å². The molecule has 1 aliphatic rings. The largest absolute Gasteiger partial charge is 0.480 e. The Hall–Kier alpha value is -3.27. The summed E-state index contributed by atoms with van der Waals surface area (Å²) in [6.45, 7) is 1.44. The molecule has 1 unspecified atom stereocenters. The Morgan fingerprint density at radius 3 is 2.88 bits per heavy atom. The van der Waals surface area contributed by atoms with Crippen LogP contribution in [-0.4, -0.2) is 43.2 Å². The zero-order chi connectivity index (χ0) is 22.7. The van der Waals surface area contributed by atoms with E-state index in [0.717, 1.165) is 0 Å². The molecule has 1 aliphatic carbocycles. The summed E-state index contributed by atoms with van der Waals surface area (Å²) in [6, 6.07) is 7.29. The number of nitrogens with two attached hydrogens (primary N) is 1. The van der Waals surface area contributed by atoms with Gasteiger partial charge in [0.2, 0.25) is 5.95 Å². The van der Waals surface area contributed by atoms with E-state index >= 15 is 0 Å². The fourth-order valence-electron chi connectivity index (χ4n) is 3.36. The first-order chi connectivity index (χ1) is 15.3. The van der Waals surface area contributed by atoms with Crippen molar-refractivity contribution in [3.63, 3.8) is 0 Å². The van der Waals surface area contributed by atoms with Gasteiger partial charge in [-0.05, 0) is 25.5 Å². The number of nitrogen functional groups attached to an aromatic ring is 1. The average molecular weight is 458 g/mol. The van der Waals surface area contributed by atoms with E-state index in [0.29, 0.717) is 23.3 Å². The number of para-hydroxylation sites is 1. The van der Waals surface area contributed by atoms with Crippen molar-refractivity contribution in [2.24, 2.45) is 5.92 Å². The number of nitrogens with one attached hydrogen (secondary N) is 1. The second-order valence-electron chi connectivity index (χ2n) is 7.42. The summed E-state index contributed by atoms with van der Waals surface area (Å²) in [7, 11) is -3.95. The highest BCUT2D eigenvalue weighted by Gasteiger charge is 2.33. The van der Waals surface area contributed by atoms with E-state index in [1.807, 2.05) is 16.7 Å². The third kappa shape index (κ3) is 4.96. The quantitative estimate of drug-likeness (QED) is 0.322. The van der Waals surface area contributed by atoms with Gasteiger partial charge in [0.15, 0.2) is 5.65 Å². The zero-order valence-corrected chi connectivity index (χ0v) is 18.1. The van der Waals surface area contributed by atoms with E-state index < -0.39 is 19.8 Å². The van der Waals surface area contributed by atoms with E-state index in [1.54, 1.807) is 42.9 Å². The Labute approximate surface area is 183 Å². The molecule has 0 spiro atoms. The molecule has 0 radical (unpaired) electrons. The molecule has 1 aromatic carbocycles. The van der Waals surface area contributed by atoms with Crippen molar-refractivity contribution in [3.8, 4) is 5.75 Å². The Morgan fingerprint density at radius 2 is 2.12 bits per heavy atom. The molecule has 4 atom stereocenters. The summed E-state index contributed by atoms with van der Waals surface area (Å²) in [4.78, 5) is 23.8. The molecule has 4 rings (SSSR count). The molecule has 0 bridgehead atoms. The molecular formula is C20H23N6O5P. The van der Waals surface area contributed by atoms with Crippen LogP contribution in [0, 0.1) is 5.92 Å². The number of imidazole rings is 1. The van der Waals surface area contributed by atoms with Crippen molar-refractivity contribution in [2.75, 3.05) is 12.3 Å². The summed E-state index contributed by atoms with van der Waals surface area (Å²) in [5.74, 6) is -0.771. The van der Waals surface area contributed by atoms with Crippen LogP contribution >= 0.6 is 7.75 Å². The number of benzene rings is 1. The van der Waals surface area contributed by atoms with E-state index in [-0.39, 0.29) is 24.5 Å². The minimum Gasteiger partial charge on any atom is -0.480 e. The monoisotopic (exact) mass is 458 g/mol. The maximum atomic E-state index is 13.3. The van der Waals surface area contributed by atoms with Crippen LogP contribution in [0.15, 0.2) is 55.0 Å². The summed E-state index contributed by atoms with van der Waals surface area (Å²) in [5, 5.41) is 11.7. The second-order valence-corrected chi connectivity index (χ2v) is 9.12. The van der Waals surface area contributed by atoms with Gasteiger partial charge in [0.25, 0.3) is 0 Å². The van der Waals surface area contributed by atoms with Gasteiger partial charge in [-0.3, -0.25) is 9.32 Å². The highest BCUT2D eigenvalue weighted by Crippen LogP contribution is 2.46. The average Bonchev–Trinajstić information content (AvgIpc) is 3.39. The standard InChI is InChI=1S/C20H23N6O5P/c1-13(19(27)28)25-32(29,31-16-5-3-2-4-6-16)30-11-14-7-8-15(9-14)26-12-23-17-10-22-20(21)24-18(17)26/h2-8,10,12-15H,9,11H2,1H3,(H,25,29)(H,27,28)(H2,21,22,24)/t13?,14-,15+,32-/m1/s1. The molecule has 0 saturated carbocycles. The lowest BCUT2D eigenvalue weighted by atomic mass is 10.1. The number of aliphatic carboxylic acids is 1. The third-order valence-electron chi connectivity index (χ3n) is 4.99. The number of fused-ring (bicyclic) bond motifs is 1. The number of carboxylic acids is 1. The summed E-state index contributed by atoms with van der Waals surface area (Å²) in [6.07, 6.45) is 7.84. The van der Waals surface area contributed by atoms with Crippen LogP contribution in [0.1, 0.15) is 19.4 Å². The molecule has 0 fully saturated rings. The summed E-state index contributed by atoms with van der Waals surface area (Å²) in [5.41, 5.74) is 6.97. The molecule has 32 heavy (non-hydrogen) atoms. The number of hydrogen-bond acceptors (Lipinski definition) is 8. The fourth-order valence-corrected chi connectivity index (χ4v) is 4.91. The molecule has 3 aromatic rings. The number of carbonyl (C=O) groups is 1. The van der Waals surface area contributed by atoms with Crippen LogP contribution in [-0.2, 0) is 13.9 Å². The predicted molar refractivity (Wildman–Crippen MR) is 117 cm³/mol. The molecule has 0 saturated heterocycles. The number of anilines is 1. The van der Waals surface area contributed by atoms with Gasteiger partial charge in [-0.2, -0.15) is 10.1 Å². The molecule has 168 valence electrons. The number of aromatic nitrogens is 4. The minimum atomic E-state index is -3.95. The first-order valence-corrected chi connectivity index (χ1v) is 11.5. The van der Waals surface area contributed by atoms with Crippen molar-refractivity contribution in [1.29, 1.82) is 0 Å². The van der Waals surface area contributed by atoms with Gasteiger partial charge in [0.1, 0.15) is 17.3 Å². The van der Waals surface area contributed by atoms with Crippen molar-refractivity contribution in [3.05, 3.63) is 55.0 Å². The number of hydrogen-bond donors (Lipinski definition) is 3. The van der Waals surface area contributed by atoms with E-state index in [1.165, 1.54) is 6.92 Å². The number of rotatable bonds is 9. The third-order valence-corrected chi connectivity index (χ3v) is 6.63. The number of carboxylic acid groups (broad SMARTS) is 1. The number of allylic oxidation sites excluding steroid dienone is 1. The van der Waals surface area contributed by atoms with Gasteiger partial charge in [-0.15, -0.1) is 0 Å². The minimum absolute atomic E-state index is 0.0387. The molecule has 0 amide bonds. The Morgan fingerprint density at radius 1 is 1.34 bits per heavy atom. The maximum absolute atomic E-state index is 13.3. The maximum Gasteiger partial charge on any atom is 0.459 e. The van der Waals surface area contributed by atoms with Gasteiger partial charge in [0, 0.05) is 5.92 Å². The predicted octanol–water partition coefficient (Wildman–Crippen LogP) is 2.79. The SMILES string of the molecule is CC(N[P@@](=O)(OC[C@@H]1C=C[C@H](n2cnc3cnc(N)nc32)C1)Oc1ccccc1)C(=O)O. The van der Waals surface area contributed by atoms with Gasteiger partial charge >= 0.3 is 13.7 Å². The van der Waals surface area contributed by atoms with Crippen LogP contribution < -0.4 is 15.3 Å². The topological polar surface area (TPSA) is 154 Å². The molecule has 11 nitrogen and oxygen atoms in total. The molecule has 2 aromatic heterocycles. The first-order valence-electron chi connectivity index (χ1n) is 9.96. The lowest BCUT2D eigenvalue weighted by Crippen LogP contribution is -2.33. The van der Waals surface area contributed by atoms with Crippen LogP contribution in [0.2, 0.25) is 0 Å². The fraction of sp³-hybridized carbons (Fsp3) is 0.300. The molecular weight excluding hydrogens is 435 g/mol. The van der Waals surface area contributed by atoms with Gasteiger partial charge in [-0.25, -0.2) is 14.5 Å². The Kier molecular flexibility index (Phi) is 6.22. The normalized spacial score (nSPS) is 20.8. The summed E-state index contributed by atoms with van der Waals surface area (Å²) >= 11 is 0. The van der Waals surface area contributed by atoms with Crippen LogP contribution in [0.25, 0.3) is 11.2 Å². The summed E-state index contributed by atoms with van der Waals surface area (Å²) < 4.78 is 26.4. The van der Waals surface area contributed by atoms with Crippen LogP contribution in [0.3, 0.4) is 0 Å². The molecule has 2 heterocycles. The van der Waals surface area contributed by atoms with Crippen molar-refractivity contribution in [1.82, 2.24) is 24.6 Å². The van der Waals surface area contributed by atoms with E-state index in [9.17, 15) is 14.5 Å². The van der Waals surface area contributed by atoms with Gasteiger partial charge in [-0.1, -0.05) is 30.4 Å². The zero-order valence-electron chi connectivity index (χ0n) is 17.2. The molecule has 4 N–H and O–H groups in total. The van der Waals surface area contributed by atoms with Crippen LogP contribution in [0.4, 0.5) is 5.95 Å². The lowest BCUT2D eigenvalue weighted by molar-refractivity contribution is -0.138. The van der Waals surface area contributed by atoms with Crippen molar-refractivity contribution < 1.29 is 23.5 Å². The Bertz CT molecular complexity index is 1180. The van der Waals surface area contributed by atoms with Gasteiger partial charge < -0.3 is 19.9 Å².